The van der Waals surface area contributed by atoms with Gasteiger partial charge in [0.1, 0.15) is 5.75 Å². The summed E-state index contributed by atoms with van der Waals surface area (Å²) in [5.41, 5.74) is 2.84. The van der Waals surface area contributed by atoms with Crippen molar-refractivity contribution < 1.29 is 14.1 Å². The highest BCUT2D eigenvalue weighted by Crippen LogP contribution is 2.39. The quantitative estimate of drug-likeness (QED) is 0.841. The molecule has 1 aliphatic heterocycles. The van der Waals surface area contributed by atoms with Crippen LogP contribution < -0.4 is 10.1 Å². The number of aryl methyl sites for hydroxylation is 2. The Bertz CT molecular complexity index is 828. The van der Waals surface area contributed by atoms with Gasteiger partial charge in [-0.3, -0.25) is 0 Å². The third kappa shape index (κ3) is 4.13. The fourth-order valence-corrected chi connectivity index (χ4v) is 3.99. The monoisotopic (exact) mass is 384 g/mol. The number of piperidine rings is 1. The number of nitrogens with zero attached hydrogens (tertiary/aromatic N) is 3. The van der Waals surface area contributed by atoms with Crippen molar-refractivity contribution in [1.29, 1.82) is 0 Å². The zero-order valence-electron chi connectivity index (χ0n) is 16.8. The summed E-state index contributed by atoms with van der Waals surface area (Å²) < 4.78 is 10.7. The third-order valence-corrected chi connectivity index (χ3v) is 5.70. The van der Waals surface area contributed by atoms with Crippen LogP contribution in [-0.2, 0) is 6.42 Å². The zero-order chi connectivity index (χ0) is 19.7. The molecule has 2 heterocycles. The van der Waals surface area contributed by atoms with Crippen molar-refractivity contribution in [2.45, 2.75) is 51.9 Å². The number of likely N-dealkylation sites (tertiary alicyclic amines) is 1. The molecule has 0 atom stereocenters. The predicted molar refractivity (Wildman–Crippen MR) is 106 cm³/mol. The number of benzene rings is 1. The number of amides is 2. The van der Waals surface area contributed by atoms with Crippen LogP contribution in [-0.4, -0.2) is 41.3 Å². The Morgan fingerprint density at radius 3 is 2.50 bits per heavy atom. The number of rotatable bonds is 5. The maximum Gasteiger partial charge on any atom is 0.321 e. The number of carbonyl (C=O) groups is 1. The molecular weight excluding hydrogens is 356 g/mol. The fourth-order valence-electron chi connectivity index (χ4n) is 3.99. The molecule has 1 N–H and O–H groups in total. The average Bonchev–Trinajstić information content (AvgIpc) is 3.42. The number of nitrogens with one attached hydrogen (secondary N) is 1. The minimum atomic E-state index is -0.0435. The van der Waals surface area contributed by atoms with Gasteiger partial charge >= 0.3 is 6.03 Å². The maximum absolute atomic E-state index is 12.6. The molecule has 28 heavy (non-hydrogen) atoms. The van der Waals surface area contributed by atoms with E-state index in [4.69, 9.17) is 9.26 Å². The lowest BCUT2D eigenvalue weighted by Crippen LogP contribution is -2.41. The topological polar surface area (TPSA) is 80.5 Å². The number of hydrogen-bond acceptors (Lipinski definition) is 5. The molecule has 2 aliphatic rings. The Kier molecular flexibility index (Phi) is 5.24. The van der Waals surface area contributed by atoms with Gasteiger partial charge in [0.05, 0.1) is 7.11 Å². The van der Waals surface area contributed by atoms with Crippen molar-refractivity contribution in [2.24, 2.45) is 5.92 Å². The molecule has 4 rings (SSSR count). The standard InChI is InChI=1S/C21H28N4O3/c1-13-10-17(11-14(2)19(13)27-3)22-21(26)25-8-6-15(7-9-25)12-18-23-20(28-24-18)16-4-5-16/h10-11,15-16H,4-9,12H2,1-3H3,(H,22,26). The van der Waals surface area contributed by atoms with E-state index in [0.29, 0.717) is 11.8 Å². The molecule has 1 saturated carbocycles. The summed E-state index contributed by atoms with van der Waals surface area (Å²) in [4.78, 5) is 19.1. The van der Waals surface area contributed by atoms with E-state index >= 15 is 0 Å². The molecule has 1 aromatic heterocycles. The second kappa shape index (κ2) is 7.81. The number of hydrogen-bond donors (Lipinski definition) is 1. The molecule has 2 amide bonds. The molecular formula is C21H28N4O3. The first-order valence-electron chi connectivity index (χ1n) is 10.1. The molecule has 0 radical (unpaired) electrons. The van der Waals surface area contributed by atoms with E-state index in [1.54, 1.807) is 7.11 Å². The van der Waals surface area contributed by atoms with Gasteiger partial charge in [0.2, 0.25) is 5.89 Å². The van der Waals surface area contributed by atoms with E-state index in [1.807, 2.05) is 30.9 Å². The van der Waals surface area contributed by atoms with Crippen LogP contribution >= 0.6 is 0 Å². The summed E-state index contributed by atoms with van der Waals surface area (Å²) in [6.07, 6.45) is 5.09. The minimum Gasteiger partial charge on any atom is -0.496 e. The lowest BCUT2D eigenvalue weighted by molar-refractivity contribution is 0.181. The van der Waals surface area contributed by atoms with E-state index < -0.39 is 0 Å². The largest absolute Gasteiger partial charge is 0.496 e. The van der Waals surface area contributed by atoms with Crippen molar-refractivity contribution in [2.75, 3.05) is 25.5 Å². The number of ether oxygens (including phenoxy) is 1. The zero-order valence-corrected chi connectivity index (χ0v) is 16.8. The lowest BCUT2D eigenvalue weighted by atomic mass is 9.93. The normalized spacial score (nSPS) is 17.6. The summed E-state index contributed by atoms with van der Waals surface area (Å²) in [5, 5.41) is 7.15. The number of methoxy groups -OCH3 is 1. The molecule has 1 aliphatic carbocycles. The Labute approximate surface area is 165 Å². The average molecular weight is 384 g/mol. The van der Waals surface area contributed by atoms with Gasteiger partial charge in [0.25, 0.3) is 0 Å². The van der Waals surface area contributed by atoms with Crippen molar-refractivity contribution in [3.05, 3.63) is 35.0 Å². The first-order valence-corrected chi connectivity index (χ1v) is 10.1. The number of carbonyl (C=O) groups excluding carboxylic acids is 1. The van der Waals surface area contributed by atoms with Gasteiger partial charge in [-0.2, -0.15) is 4.98 Å². The lowest BCUT2D eigenvalue weighted by Gasteiger charge is -2.31. The molecule has 7 nitrogen and oxygen atoms in total. The van der Waals surface area contributed by atoms with Crippen LogP contribution in [0.25, 0.3) is 0 Å². The number of anilines is 1. The number of urea groups is 1. The van der Waals surface area contributed by atoms with Crippen LogP contribution in [0.5, 0.6) is 5.75 Å². The Hall–Kier alpha value is -2.57. The molecule has 1 saturated heterocycles. The van der Waals surface area contributed by atoms with Crippen molar-refractivity contribution in [3.63, 3.8) is 0 Å². The smallest absolute Gasteiger partial charge is 0.321 e. The summed E-state index contributed by atoms with van der Waals surface area (Å²) in [6.45, 7) is 5.47. The molecule has 2 fully saturated rings. The van der Waals surface area contributed by atoms with E-state index in [1.165, 1.54) is 12.8 Å². The molecule has 2 aromatic rings. The van der Waals surface area contributed by atoms with Crippen LogP contribution in [0.4, 0.5) is 10.5 Å². The SMILES string of the molecule is COc1c(C)cc(NC(=O)N2CCC(Cc3noc(C4CC4)n3)CC2)cc1C. The van der Waals surface area contributed by atoms with E-state index in [9.17, 15) is 4.79 Å². The van der Waals surface area contributed by atoms with Crippen LogP contribution in [0, 0.1) is 19.8 Å². The van der Waals surface area contributed by atoms with Crippen LogP contribution in [0.3, 0.4) is 0 Å². The van der Waals surface area contributed by atoms with Gasteiger partial charge < -0.3 is 19.5 Å². The first kappa shape index (κ1) is 18.8. The van der Waals surface area contributed by atoms with E-state index in [0.717, 1.165) is 66.6 Å². The van der Waals surface area contributed by atoms with Gasteiger partial charge in [-0.15, -0.1) is 0 Å². The fraction of sp³-hybridized carbons (Fsp3) is 0.571. The first-order chi connectivity index (χ1) is 13.5. The highest BCUT2D eigenvalue weighted by molar-refractivity contribution is 5.89. The summed E-state index contributed by atoms with van der Waals surface area (Å²) in [7, 11) is 1.67. The van der Waals surface area contributed by atoms with Gasteiger partial charge in [-0.05, 0) is 68.7 Å². The third-order valence-electron chi connectivity index (χ3n) is 5.70. The van der Waals surface area contributed by atoms with Gasteiger partial charge in [0, 0.05) is 31.1 Å². The van der Waals surface area contributed by atoms with Crippen LogP contribution in [0.2, 0.25) is 0 Å². The highest BCUT2D eigenvalue weighted by Gasteiger charge is 2.30. The molecule has 0 bridgehead atoms. The molecule has 150 valence electrons. The van der Waals surface area contributed by atoms with Crippen LogP contribution in [0.15, 0.2) is 16.7 Å². The summed E-state index contributed by atoms with van der Waals surface area (Å²) >= 11 is 0. The second-order valence-corrected chi connectivity index (χ2v) is 8.03. The number of aromatic nitrogens is 2. The maximum atomic E-state index is 12.6. The molecule has 1 aromatic carbocycles. The predicted octanol–water partition coefficient (Wildman–Crippen LogP) is 4.06. The van der Waals surface area contributed by atoms with Crippen molar-refractivity contribution in [1.82, 2.24) is 15.0 Å². The van der Waals surface area contributed by atoms with E-state index in [2.05, 4.69) is 15.5 Å². The minimum absolute atomic E-state index is 0.0435. The Morgan fingerprint density at radius 2 is 1.89 bits per heavy atom. The molecule has 0 spiro atoms. The highest BCUT2D eigenvalue weighted by atomic mass is 16.5. The van der Waals surface area contributed by atoms with Gasteiger partial charge in [-0.1, -0.05) is 5.16 Å². The van der Waals surface area contributed by atoms with Gasteiger partial charge in [0.15, 0.2) is 5.82 Å². The summed E-state index contributed by atoms with van der Waals surface area (Å²) in [5.74, 6) is 3.48. The Balaban J connectivity index is 1.28. The second-order valence-electron chi connectivity index (χ2n) is 8.03. The van der Waals surface area contributed by atoms with Crippen molar-refractivity contribution in [3.8, 4) is 5.75 Å². The summed E-state index contributed by atoms with van der Waals surface area (Å²) in [6, 6.07) is 3.85. The van der Waals surface area contributed by atoms with E-state index in [-0.39, 0.29) is 6.03 Å². The van der Waals surface area contributed by atoms with Crippen LogP contribution in [0.1, 0.15) is 54.4 Å². The molecule has 7 heteroatoms. The van der Waals surface area contributed by atoms with Gasteiger partial charge in [-0.25, -0.2) is 4.79 Å². The molecule has 0 unspecified atom stereocenters. The van der Waals surface area contributed by atoms with Crippen molar-refractivity contribution >= 4 is 11.7 Å². The Morgan fingerprint density at radius 1 is 1.21 bits per heavy atom.